The van der Waals surface area contributed by atoms with Crippen molar-refractivity contribution in [1.82, 2.24) is 15.1 Å². The average Bonchev–Trinajstić information content (AvgIpc) is 3.64. The van der Waals surface area contributed by atoms with E-state index in [4.69, 9.17) is 5.10 Å². The number of nitrogens with one attached hydrogen (secondary N) is 3. The maximum Gasteiger partial charge on any atom is 0.324 e. The number of urea groups is 1. The molecule has 4 aromatic rings. The fraction of sp³-hybridized carbons (Fsp3) is 0.382. The topological polar surface area (TPSA) is 88.1 Å². The molecule has 5 rings (SSSR count). The normalized spacial score (nSPS) is 14.9. The molecular weight excluding hydrogens is 542 g/mol. The van der Waals surface area contributed by atoms with E-state index in [-0.39, 0.29) is 17.4 Å². The van der Waals surface area contributed by atoms with Crippen LogP contribution in [-0.4, -0.2) is 34.7 Å². The van der Waals surface area contributed by atoms with Crippen LogP contribution in [0.3, 0.4) is 0 Å². The number of thiophene rings is 1. The van der Waals surface area contributed by atoms with E-state index in [2.05, 4.69) is 48.2 Å². The number of benzene rings is 2. The lowest BCUT2D eigenvalue weighted by atomic mass is 9.77. The minimum atomic E-state index is -0.349. The molecule has 3 heterocycles. The first-order valence-corrected chi connectivity index (χ1v) is 15.7. The van der Waals surface area contributed by atoms with Gasteiger partial charge in [0, 0.05) is 34.4 Å². The Morgan fingerprint density at radius 1 is 1.02 bits per heavy atom. The molecule has 1 unspecified atom stereocenters. The van der Waals surface area contributed by atoms with Gasteiger partial charge in [0.25, 0.3) is 0 Å². The first-order chi connectivity index (χ1) is 20.2. The van der Waals surface area contributed by atoms with Crippen LogP contribution in [-0.2, 0) is 16.6 Å². The van der Waals surface area contributed by atoms with Gasteiger partial charge < -0.3 is 10.6 Å². The summed E-state index contributed by atoms with van der Waals surface area (Å²) >= 11 is 1.70. The van der Waals surface area contributed by atoms with Crippen molar-refractivity contribution in [2.24, 2.45) is 5.92 Å². The van der Waals surface area contributed by atoms with Crippen molar-refractivity contribution >= 4 is 34.7 Å². The molecule has 1 saturated heterocycles. The Kier molecular flexibility index (Phi) is 9.24. The largest absolute Gasteiger partial charge is 0.324 e. The molecule has 2 aromatic carbocycles. The summed E-state index contributed by atoms with van der Waals surface area (Å²) in [7, 11) is 0. The van der Waals surface area contributed by atoms with Gasteiger partial charge in [0.05, 0.1) is 11.4 Å². The van der Waals surface area contributed by atoms with Crippen LogP contribution in [0.15, 0.2) is 72.1 Å². The van der Waals surface area contributed by atoms with Crippen molar-refractivity contribution in [3.05, 3.63) is 93.8 Å². The molecule has 3 N–H and O–H groups in total. The third-order valence-corrected chi connectivity index (χ3v) is 8.86. The SMILES string of the molecule is Cc1ccc(-n2nc(C(C)(C)C)cc2NC(=O)Nc2ccc(C(C(=O)CCc3cccs3)C3CCNCC3)cc2)cc1. The van der Waals surface area contributed by atoms with Crippen molar-refractivity contribution in [3.8, 4) is 5.69 Å². The molecule has 1 atom stereocenters. The van der Waals surface area contributed by atoms with Crippen molar-refractivity contribution in [2.45, 2.75) is 64.7 Å². The van der Waals surface area contributed by atoms with Crippen LogP contribution in [0.1, 0.15) is 67.6 Å². The van der Waals surface area contributed by atoms with Gasteiger partial charge in [-0.1, -0.05) is 56.7 Å². The first kappa shape index (κ1) is 29.7. The number of carbonyl (C=O) groups is 2. The average molecular weight is 584 g/mol. The molecule has 8 heteroatoms. The number of hydrogen-bond acceptors (Lipinski definition) is 5. The summed E-state index contributed by atoms with van der Waals surface area (Å²) in [5.41, 5.74) is 4.44. The van der Waals surface area contributed by atoms with Gasteiger partial charge >= 0.3 is 6.03 Å². The third-order valence-electron chi connectivity index (χ3n) is 7.93. The van der Waals surface area contributed by atoms with Crippen LogP contribution >= 0.6 is 11.3 Å². The minimum Gasteiger partial charge on any atom is -0.317 e. The van der Waals surface area contributed by atoms with E-state index in [0.29, 0.717) is 29.6 Å². The predicted octanol–water partition coefficient (Wildman–Crippen LogP) is 7.47. The standard InChI is InChI=1S/C34H41N5O2S/c1-23-7-13-27(14-8-23)39-31(22-30(38-39)34(2,3)4)37-33(41)36-26-11-9-24(10-12-26)32(25-17-19-35-20-18-25)29(40)16-15-28-6-5-21-42-28/h5-14,21-22,25,32,35H,15-20H2,1-4H3,(H2,36,37,41). The summed E-state index contributed by atoms with van der Waals surface area (Å²) in [6, 6.07) is 21.6. The van der Waals surface area contributed by atoms with Gasteiger partial charge in [0.2, 0.25) is 0 Å². The lowest BCUT2D eigenvalue weighted by molar-refractivity contribution is -0.121. The molecular formula is C34H41N5O2S. The quantitative estimate of drug-likeness (QED) is 0.191. The number of piperidine rings is 1. The molecule has 1 aliphatic heterocycles. The summed E-state index contributed by atoms with van der Waals surface area (Å²) in [5, 5.41) is 16.2. The highest BCUT2D eigenvalue weighted by Crippen LogP contribution is 2.34. The van der Waals surface area contributed by atoms with Gasteiger partial charge in [-0.15, -0.1) is 11.3 Å². The number of carbonyl (C=O) groups excluding carboxylic acids is 2. The van der Waals surface area contributed by atoms with E-state index < -0.39 is 0 Å². The first-order valence-electron chi connectivity index (χ1n) is 14.8. The summed E-state index contributed by atoms with van der Waals surface area (Å²) in [4.78, 5) is 27.9. The lowest BCUT2D eigenvalue weighted by Gasteiger charge is -2.30. The molecule has 0 radical (unpaired) electrons. The van der Waals surface area contributed by atoms with Gasteiger partial charge in [0.1, 0.15) is 11.6 Å². The summed E-state index contributed by atoms with van der Waals surface area (Å²) in [6.45, 7) is 10.2. The molecule has 0 saturated carbocycles. The van der Waals surface area contributed by atoms with Crippen molar-refractivity contribution < 1.29 is 9.59 Å². The Bertz CT molecular complexity index is 1480. The van der Waals surface area contributed by atoms with Crippen molar-refractivity contribution in [2.75, 3.05) is 23.7 Å². The van der Waals surface area contributed by atoms with Crippen molar-refractivity contribution in [3.63, 3.8) is 0 Å². The second-order valence-corrected chi connectivity index (χ2v) is 13.3. The van der Waals surface area contributed by atoms with Crippen LogP contribution in [0.5, 0.6) is 0 Å². The minimum absolute atomic E-state index is 0.130. The molecule has 7 nitrogen and oxygen atoms in total. The summed E-state index contributed by atoms with van der Waals surface area (Å²) < 4.78 is 1.77. The van der Waals surface area contributed by atoms with E-state index in [1.54, 1.807) is 16.0 Å². The van der Waals surface area contributed by atoms with E-state index in [0.717, 1.165) is 54.9 Å². The zero-order valence-corrected chi connectivity index (χ0v) is 25.8. The summed E-state index contributed by atoms with van der Waals surface area (Å²) in [5.74, 6) is 1.09. The Balaban J connectivity index is 1.30. The van der Waals surface area contributed by atoms with Gasteiger partial charge in [-0.2, -0.15) is 5.10 Å². The van der Waals surface area contributed by atoms with E-state index >= 15 is 0 Å². The van der Waals surface area contributed by atoms with E-state index in [1.807, 2.05) is 67.6 Å². The Hall–Kier alpha value is -3.75. The number of amides is 2. The van der Waals surface area contributed by atoms with Crippen LogP contribution < -0.4 is 16.0 Å². The number of anilines is 2. The van der Waals surface area contributed by atoms with E-state index in [9.17, 15) is 9.59 Å². The Labute approximate surface area is 252 Å². The van der Waals surface area contributed by atoms with Gasteiger partial charge in [-0.05, 0) is 86.5 Å². The number of hydrogen-bond donors (Lipinski definition) is 3. The lowest BCUT2D eigenvalue weighted by Crippen LogP contribution is -2.33. The second-order valence-electron chi connectivity index (χ2n) is 12.2. The van der Waals surface area contributed by atoms with Crippen LogP contribution in [0.2, 0.25) is 0 Å². The molecule has 1 fully saturated rings. The zero-order chi connectivity index (χ0) is 29.7. The molecule has 42 heavy (non-hydrogen) atoms. The number of aryl methyl sites for hydroxylation is 2. The van der Waals surface area contributed by atoms with Gasteiger partial charge in [-0.3, -0.25) is 10.1 Å². The number of Topliss-reactive ketones (excluding diaryl/α,β-unsaturated/α-hetero) is 1. The zero-order valence-electron chi connectivity index (χ0n) is 24.9. The Morgan fingerprint density at radius 2 is 1.74 bits per heavy atom. The van der Waals surface area contributed by atoms with Crippen LogP contribution in [0, 0.1) is 12.8 Å². The smallest absolute Gasteiger partial charge is 0.317 e. The maximum absolute atomic E-state index is 13.5. The fourth-order valence-corrected chi connectivity index (χ4v) is 6.24. The highest BCUT2D eigenvalue weighted by Gasteiger charge is 2.30. The maximum atomic E-state index is 13.5. The molecule has 2 amide bonds. The number of nitrogens with zero attached hydrogens (tertiary/aromatic N) is 2. The highest BCUT2D eigenvalue weighted by atomic mass is 32.1. The molecule has 0 spiro atoms. The Morgan fingerprint density at radius 3 is 2.38 bits per heavy atom. The van der Waals surface area contributed by atoms with Crippen LogP contribution in [0.25, 0.3) is 5.69 Å². The number of aromatic nitrogens is 2. The highest BCUT2D eigenvalue weighted by molar-refractivity contribution is 7.09. The predicted molar refractivity (Wildman–Crippen MR) is 172 cm³/mol. The molecule has 1 aliphatic rings. The van der Waals surface area contributed by atoms with E-state index in [1.165, 1.54) is 4.88 Å². The van der Waals surface area contributed by atoms with Crippen molar-refractivity contribution in [1.29, 1.82) is 0 Å². The second kappa shape index (κ2) is 13.0. The summed E-state index contributed by atoms with van der Waals surface area (Å²) in [6.07, 6.45) is 3.31. The molecule has 0 bridgehead atoms. The number of ketones is 1. The third kappa shape index (κ3) is 7.36. The monoisotopic (exact) mass is 583 g/mol. The molecule has 220 valence electrons. The fourth-order valence-electron chi connectivity index (χ4n) is 5.53. The van der Waals surface area contributed by atoms with Crippen LogP contribution in [0.4, 0.5) is 16.3 Å². The molecule has 0 aliphatic carbocycles. The molecule has 2 aromatic heterocycles. The number of rotatable bonds is 9. The van der Waals surface area contributed by atoms with Gasteiger partial charge in [0.15, 0.2) is 0 Å². The van der Waals surface area contributed by atoms with Gasteiger partial charge in [-0.25, -0.2) is 9.48 Å².